The first-order valence-corrected chi connectivity index (χ1v) is 4.78. The van der Waals surface area contributed by atoms with Crippen LogP contribution in [0.5, 0.6) is 0 Å². The zero-order valence-electron chi connectivity index (χ0n) is 8.33. The SMILES string of the molecule is CC(O)[C@H]1C(=O)N2C(C(=O)O)C(=O)C(F)[C@@H]12. The van der Waals surface area contributed by atoms with Gasteiger partial charge in [0, 0.05) is 0 Å². The molecule has 2 heterocycles. The highest BCUT2D eigenvalue weighted by Gasteiger charge is 2.66. The van der Waals surface area contributed by atoms with Crippen molar-refractivity contribution in [2.75, 3.05) is 0 Å². The van der Waals surface area contributed by atoms with Crippen molar-refractivity contribution in [2.45, 2.75) is 31.3 Å². The number of carbonyl (C=O) groups is 3. The number of aliphatic carboxylic acids is 1. The third kappa shape index (κ3) is 1.12. The average Bonchev–Trinajstić information content (AvgIpc) is 2.38. The zero-order chi connectivity index (χ0) is 12.2. The molecule has 2 fully saturated rings. The number of amides is 1. The van der Waals surface area contributed by atoms with E-state index in [1.807, 2.05) is 0 Å². The molecule has 6 nitrogen and oxygen atoms in total. The Bertz CT molecular complexity index is 382. The van der Waals surface area contributed by atoms with Gasteiger partial charge in [0.15, 0.2) is 12.2 Å². The Balaban J connectivity index is 2.32. The lowest BCUT2D eigenvalue weighted by Crippen LogP contribution is -2.66. The molecule has 16 heavy (non-hydrogen) atoms. The molecule has 0 radical (unpaired) electrons. The third-order valence-corrected chi connectivity index (χ3v) is 3.10. The number of carboxylic acids is 1. The number of β-lactam (4-membered cyclic amide) rings is 1. The van der Waals surface area contributed by atoms with Crippen molar-refractivity contribution in [3.8, 4) is 0 Å². The quantitative estimate of drug-likeness (QED) is 0.448. The van der Waals surface area contributed by atoms with E-state index in [0.717, 1.165) is 0 Å². The molecule has 7 heteroatoms. The topological polar surface area (TPSA) is 94.9 Å². The summed E-state index contributed by atoms with van der Waals surface area (Å²) in [7, 11) is 0. The van der Waals surface area contributed by atoms with Gasteiger partial charge in [0.2, 0.25) is 11.7 Å². The number of hydrogen-bond donors (Lipinski definition) is 2. The number of aliphatic hydroxyl groups is 1. The standard InChI is InChI=1S/C9H10FNO5/c1-2(12)3-5-4(10)7(13)6(9(15)16)11(5)8(3)14/h2-6,12H,1H3,(H,15,16)/t2?,3-,4?,5-,6?/m1/s1. The van der Waals surface area contributed by atoms with Crippen LogP contribution >= 0.6 is 0 Å². The van der Waals surface area contributed by atoms with E-state index in [4.69, 9.17) is 5.11 Å². The molecule has 2 N–H and O–H groups in total. The van der Waals surface area contributed by atoms with Crippen molar-refractivity contribution in [3.05, 3.63) is 0 Å². The molecule has 1 amide bonds. The zero-order valence-corrected chi connectivity index (χ0v) is 8.33. The number of aliphatic hydroxyl groups excluding tert-OH is 1. The minimum atomic E-state index is -2.02. The molecule has 5 atom stereocenters. The summed E-state index contributed by atoms with van der Waals surface area (Å²) in [5.74, 6) is -4.34. The number of nitrogens with zero attached hydrogens (tertiary/aromatic N) is 1. The van der Waals surface area contributed by atoms with Crippen LogP contribution in [0.2, 0.25) is 0 Å². The maximum Gasteiger partial charge on any atom is 0.334 e. The second kappa shape index (κ2) is 3.24. The summed E-state index contributed by atoms with van der Waals surface area (Å²) in [5, 5.41) is 18.0. The number of hydrogen-bond acceptors (Lipinski definition) is 4. The highest BCUT2D eigenvalue weighted by Crippen LogP contribution is 2.41. The van der Waals surface area contributed by atoms with Crippen LogP contribution in [0.1, 0.15) is 6.92 Å². The summed E-state index contributed by atoms with van der Waals surface area (Å²) in [6.07, 6.45) is -3.11. The first-order chi connectivity index (χ1) is 7.37. The molecule has 2 aliphatic rings. The van der Waals surface area contributed by atoms with Crippen LogP contribution in [0.3, 0.4) is 0 Å². The summed E-state index contributed by atoms with van der Waals surface area (Å²) in [4.78, 5) is 34.2. The Kier molecular flexibility index (Phi) is 2.23. The van der Waals surface area contributed by atoms with Crippen LogP contribution in [-0.2, 0) is 14.4 Å². The molecule has 2 rings (SSSR count). The van der Waals surface area contributed by atoms with E-state index in [0.29, 0.717) is 4.90 Å². The number of alkyl halides is 1. The molecule has 2 aliphatic heterocycles. The number of carbonyl (C=O) groups excluding carboxylic acids is 2. The molecule has 3 unspecified atom stereocenters. The van der Waals surface area contributed by atoms with Gasteiger partial charge in [-0.3, -0.25) is 9.59 Å². The molecule has 88 valence electrons. The lowest BCUT2D eigenvalue weighted by molar-refractivity contribution is -0.171. The van der Waals surface area contributed by atoms with Crippen molar-refractivity contribution in [2.24, 2.45) is 5.92 Å². The van der Waals surface area contributed by atoms with Gasteiger partial charge >= 0.3 is 5.97 Å². The predicted molar refractivity (Wildman–Crippen MR) is 47.1 cm³/mol. The van der Waals surface area contributed by atoms with Gasteiger partial charge in [0.1, 0.15) is 0 Å². The molecule has 0 aromatic rings. The van der Waals surface area contributed by atoms with Gasteiger partial charge in [0.25, 0.3) is 0 Å². The molecule has 0 bridgehead atoms. The van der Waals surface area contributed by atoms with Gasteiger partial charge in [-0.25, -0.2) is 9.18 Å². The first kappa shape index (κ1) is 11.0. The van der Waals surface area contributed by atoms with Crippen LogP contribution in [0, 0.1) is 5.92 Å². The average molecular weight is 231 g/mol. The fourth-order valence-corrected chi connectivity index (χ4v) is 2.37. The van der Waals surface area contributed by atoms with Crippen LogP contribution in [0.4, 0.5) is 4.39 Å². The van der Waals surface area contributed by atoms with Crippen LogP contribution in [0.25, 0.3) is 0 Å². The number of rotatable bonds is 2. The highest BCUT2D eigenvalue weighted by atomic mass is 19.1. The van der Waals surface area contributed by atoms with Gasteiger partial charge in [-0.1, -0.05) is 0 Å². The maximum atomic E-state index is 13.5. The minimum absolute atomic E-state index is 0.680. The van der Waals surface area contributed by atoms with Gasteiger partial charge in [-0.15, -0.1) is 0 Å². The van der Waals surface area contributed by atoms with Crippen molar-refractivity contribution in [1.82, 2.24) is 4.90 Å². The summed E-state index contributed by atoms with van der Waals surface area (Å²) >= 11 is 0. The van der Waals surface area contributed by atoms with Gasteiger partial charge in [-0.05, 0) is 6.92 Å². The van der Waals surface area contributed by atoms with Crippen molar-refractivity contribution < 1.29 is 29.0 Å². The fraction of sp³-hybridized carbons (Fsp3) is 0.667. The lowest BCUT2D eigenvalue weighted by Gasteiger charge is -2.45. The molecular weight excluding hydrogens is 221 g/mol. The van der Waals surface area contributed by atoms with Gasteiger partial charge < -0.3 is 15.1 Å². The van der Waals surface area contributed by atoms with Gasteiger partial charge in [-0.2, -0.15) is 0 Å². The normalized spacial score (nSPS) is 39.3. The molecule has 0 aliphatic carbocycles. The summed E-state index contributed by atoms with van der Waals surface area (Å²) < 4.78 is 13.5. The first-order valence-electron chi connectivity index (χ1n) is 4.78. The van der Waals surface area contributed by atoms with Crippen LogP contribution in [0.15, 0.2) is 0 Å². The molecule has 0 aromatic heterocycles. The summed E-state index contributed by atoms with van der Waals surface area (Å²) in [6, 6.07) is -2.86. The van der Waals surface area contributed by atoms with Crippen LogP contribution in [-0.4, -0.2) is 57.1 Å². The fourth-order valence-electron chi connectivity index (χ4n) is 2.37. The number of fused-ring (bicyclic) bond motifs is 1. The number of ketones is 1. The van der Waals surface area contributed by atoms with Gasteiger partial charge in [0.05, 0.1) is 18.1 Å². The third-order valence-electron chi connectivity index (χ3n) is 3.10. The Morgan fingerprint density at radius 1 is 1.50 bits per heavy atom. The van der Waals surface area contributed by atoms with Crippen molar-refractivity contribution in [3.63, 3.8) is 0 Å². The maximum absolute atomic E-state index is 13.5. The Hall–Kier alpha value is -1.50. The van der Waals surface area contributed by atoms with Crippen molar-refractivity contribution in [1.29, 1.82) is 0 Å². The second-order valence-corrected chi connectivity index (χ2v) is 4.05. The van der Waals surface area contributed by atoms with E-state index < -0.39 is 47.9 Å². The van der Waals surface area contributed by atoms with Crippen molar-refractivity contribution >= 4 is 17.7 Å². The lowest BCUT2D eigenvalue weighted by atomic mass is 9.83. The smallest absolute Gasteiger partial charge is 0.334 e. The Labute approximate surface area is 89.6 Å². The molecular formula is C9H10FNO5. The van der Waals surface area contributed by atoms with E-state index in [2.05, 4.69) is 0 Å². The monoisotopic (exact) mass is 231 g/mol. The molecule has 0 saturated carbocycles. The van der Waals surface area contributed by atoms with E-state index >= 15 is 0 Å². The van der Waals surface area contributed by atoms with Crippen LogP contribution < -0.4 is 0 Å². The van der Waals surface area contributed by atoms with E-state index in [1.165, 1.54) is 6.92 Å². The second-order valence-electron chi connectivity index (χ2n) is 4.05. The number of halogens is 1. The number of Topliss-reactive ketones (excluding diaryl/α,β-unsaturated/α-hetero) is 1. The number of carboxylic acid groups (broad SMARTS) is 1. The Morgan fingerprint density at radius 3 is 2.50 bits per heavy atom. The highest BCUT2D eigenvalue weighted by molar-refractivity contribution is 6.13. The van der Waals surface area contributed by atoms with E-state index in [-0.39, 0.29) is 0 Å². The summed E-state index contributed by atoms with van der Waals surface area (Å²) in [5.41, 5.74) is 0. The largest absolute Gasteiger partial charge is 0.479 e. The molecule has 0 aromatic carbocycles. The molecule has 0 spiro atoms. The minimum Gasteiger partial charge on any atom is -0.479 e. The Morgan fingerprint density at radius 2 is 2.06 bits per heavy atom. The predicted octanol–water partition coefficient (Wildman–Crippen LogP) is -1.43. The molecule has 2 saturated heterocycles. The van der Waals surface area contributed by atoms with E-state index in [9.17, 15) is 23.9 Å². The summed E-state index contributed by atoms with van der Waals surface area (Å²) in [6.45, 7) is 1.31. The van der Waals surface area contributed by atoms with E-state index in [1.54, 1.807) is 0 Å².